The van der Waals surface area contributed by atoms with E-state index in [4.69, 9.17) is 0 Å². The molecule has 0 saturated heterocycles. The molecule has 0 atom stereocenters. The Balaban J connectivity index is 2.13. The fourth-order valence-electron chi connectivity index (χ4n) is 3.22. The Hall–Kier alpha value is -2.61. The Morgan fingerprint density at radius 1 is 0.737 bits per heavy atom. The second-order valence-electron chi connectivity index (χ2n) is 4.94. The number of nitrogens with zero attached hydrogens (tertiary/aromatic N) is 2. The first-order chi connectivity index (χ1) is 9.45. The first kappa shape index (κ1) is 9.34. The van der Waals surface area contributed by atoms with E-state index in [1.165, 1.54) is 32.8 Å². The van der Waals surface area contributed by atoms with E-state index in [-0.39, 0.29) is 0 Å². The molecule has 2 heteroatoms. The molecule has 4 aromatic rings. The van der Waals surface area contributed by atoms with Gasteiger partial charge in [-0.1, -0.05) is 48.5 Å². The van der Waals surface area contributed by atoms with Crippen molar-refractivity contribution in [1.29, 1.82) is 0 Å². The molecule has 0 fully saturated rings. The summed E-state index contributed by atoms with van der Waals surface area (Å²) in [5, 5.41) is 5.24. The molecule has 0 amide bonds. The molecule has 3 aromatic carbocycles. The van der Waals surface area contributed by atoms with Crippen LogP contribution in [0.3, 0.4) is 0 Å². The van der Waals surface area contributed by atoms with Crippen LogP contribution in [0.2, 0.25) is 0 Å². The summed E-state index contributed by atoms with van der Waals surface area (Å²) in [4.78, 5) is 4.46. The largest absolute Gasteiger partial charge is 0.298 e. The Morgan fingerprint density at radius 2 is 1.37 bits per heavy atom. The van der Waals surface area contributed by atoms with Crippen LogP contribution in [0.15, 0.2) is 60.9 Å². The van der Waals surface area contributed by atoms with Gasteiger partial charge in [-0.25, -0.2) is 4.98 Å². The Bertz CT molecular complexity index is 886. The number of hydrogen-bond donors (Lipinski definition) is 0. The number of fused-ring (bicyclic) bond motifs is 9. The van der Waals surface area contributed by atoms with Crippen molar-refractivity contribution in [3.63, 3.8) is 0 Å². The van der Waals surface area contributed by atoms with Crippen LogP contribution in [-0.4, -0.2) is 9.55 Å². The van der Waals surface area contributed by atoms with E-state index >= 15 is 0 Å². The van der Waals surface area contributed by atoms with E-state index in [0.717, 1.165) is 5.82 Å². The molecule has 0 unspecified atom stereocenters. The molecule has 88 valence electrons. The summed E-state index contributed by atoms with van der Waals surface area (Å²) in [6.07, 6.45) is 3.91. The molecule has 5 rings (SSSR count). The van der Waals surface area contributed by atoms with E-state index in [1.807, 2.05) is 12.4 Å². The van der Waals surface area contributed by atoms with E-state index in [1.54, 1.807) is 0 Å². The van der Waals surface area contributed by atoms with Gasteiger partial charge in [-0.3, -0.25) is 4.57 Å². The van der Waals surface area contributed by atoms with Gasteiger partial charge < -0.3 is 0 Å². The number of aromatic nitrogens is 2. The minimum absolute atomic E-state index is 1.08. The molecule has 1 aliphatic rings. The molecule has 2 heterocycles. The van der Waals surface area contributed by atoms with Crippen LogP contribution in [0.5, 0.6) is 0 Å². The number of benzene rings is 3. The summed E-state index contributed by atoms with van der Waals surface area (Å²) in [6.45, 7) is 0. The van der Waals surface area contributed by atoms with Crippen LogP contribution in [0, 0.1) is 0 Å². The average molecular weight is 242 g/mol. The van der Waals surface area contributed by atoms with Crippen LogP contribution < -0.4 is 0 Å². The SMILES string of the molecule is c1ccc2c(c1)c1c(c3ccccc32)-n2ccnc2-1. The van der Waals surface area contributed by atoms with E-state index in [0.29, 0.717) is 0 Å². The number of rotatable bonds is 0. The highest BCUT2D eigenvalue weighted by Crippen LogP contribution is 2.47. The van der Waals surface area contributed by atoms with E-state index in [2.05, 4.69) is 58.1 Å². The Kier molecular flexibility index (Phi) is 1.49. The second kappa shape index (κ2) is 3.04. The van der Waals surface area contributed by atoms with E-state index in [9.17, 15) is 0 Å². The fraction of sp³-hybridized carbons (Fsp3) is 0. The molecule has 0 radical (unpaired) electrons. The maximum Gasteiger partial charge on any atom is 0.147 e. The summed E-state index contributed by atoms with van der Waals surface area (Å²) in [5.74, 6) is 1.08. The highest BCUT2D eigenvalue weighted by atomic mass is 15.1. The van der Waals surface area contributed by atoms with Gasteiger partial charge in [0.2, 0.25) is 0 Å². The molecule has 2 nitrogen and oxygen atoms in total. The van der Waals surface area contributed by atoms with Crippen LogP contribution in [0.25, 0.3) is 38.6 Å². The molecule has 19 heavy (non-hydrogen) atoms. The van der Waals surface area contributed by atoms with Gasteiger partial charge in [0.25, 0.3) is 0 Å². The van der Waals surface area contributed by atoms with Crippen molar-refractivity contribution in [1.82, 2.24) is 9.55 Å². The van der Waals surface area contributed by atoms with Gasteiger partial charge in [0.05, 0.1) is 11.3 Å². The lowest BCUT2D eigenvalue weighted by atomic mass is 9.91. The molecule has 0 N–H and O–H groups in total. The number of hydrogen-bond acceptors (Lipinski definition) is 1. The molecule has 0 saturated carbocycles. The summed E-state index contributed by atoms with van der Waals surface area (Å²) >= 11 is 0. The minimum atomic E-state index is 1.08. The van der Waals surface area contributed by atoms with E-state index < -0.39 is 0 Å². The van der Waals surface area contributed by atoms with Gasteiger partial charge in [-0.15, -0.1) is 0 Å². The first-order valence-electron chi connectivity index (χ1n) is 6.43. The minimum Gasteiger partial charge on any atom is -0.298 e. The van der Waals surface area contributed by atoms with Crippen molar-refractivity contribution in [3.8, 4) is 17.1 Å². The molecule has 1 aliphatic heterocycles. The fourth-order valence-corrected chi connectivity index (χ4v) is 3.22. The van der Waals surface area contributed by atoms with Gasteiger partial charge in [-0.2, -0.15) is 0 Å². The molecule has 0 bridgehead atoms. The molecular formula is C17H10N2. The first-order valence-corrected chi connectivity index (χ1v) is 6.43. The van der Waals surface area contributed by atoms with Crippen LogP contribution in [0.1, 0.15) is 0 Å². The quantitative estimate of drug-likeness (QED) is 0.373. The van der Waals surface area contributed by atoms with Gasteiger partial charge in [0, 0.05) is 17.8 Å². The molecular weight excluding hydrogens is 232 g/mol. The standard InChI is InChI=1S/C17H10N2/c1-3-7-13-11(5-1)12-6-2-4-8-14(12)16-15(13)17-18-9-10-19(16)17/h1-10H. The third-order valence-electron chi connectivity index (χ3n) is 4.01. The number of imidazole rings is 1. The van der Waals surface area contributed by atoms with Crippen molar-refractivity contribution in [2.45, 2.75) is 0 Å². The smallest absolute Gasteiger partial charge is 0.147 e. The van der Waals surface area contributed by atoms with Gasteiger partial charge in [0.1, 0.15) is 5.82 Å². The van der Waals surface area contributed by atoms with Crippen molar-refractivity contribution in [2.75, 3.05) is 0 Å². The third kappa shape index (κ3) is 0.968. The van der Waals surface area contributed by atoms with Crippen molar-refractivity contribution in [2.24, 2.45) is 0 Å². The Morgan fingerprint density at radius 3 is 2.16 bits per heavy atom. The summed E-state index contributed by atoms with van der Waals surface area (Å²) in [7, 11) is 0. The zero-order chi connectivity index (χ0) is 12.4. The predicted octanol–water partition coefficient (Wildman–Crippen LogP) is 4.16. The lowest BCUT2D eigenvalue weighted by Crippen LogP contribution is -2.10. The summed E-state index contributed by atoms with van der Waals surface area (Å²) < 4.78 is 2.18. The zero-order valence-corrected chi connectivity index (χ0v) is 10.2. The van der Waals surface area contributed by atoms with Crippen LogP contribution >= 0.6 is 0 Å². The topological polar surface area (TPSA) is 17.8 Å². The second-order valence-corrected chi connectivity index (χ2v) is 4.94. The third-order valence-corrected chi connectivity index (χ3v) is 4.01. The van der Waals surface area contributed by atoms with Crippen LogP contribution in [0.4, 0.5) is 0 Å². The maximum absolute atomic E-state index is 4.46. The highest BCUT2D eigenvalue weighted by molar-refractivity contribution is 6.20. The monoisotopic (exact) mass is 242 g/mol. The molecule has 1 aromatic heterocycles. The Labute approximate surface area is 109 Å². The summed E-state index contributed by atoms with van der Waals surface area (Å²) in [5.41, 5.74) is 2.58. The van der Waals surface area contributed by atoms with Gasteiger partial charge in [-0.05, 0) is 16.2 Å². The van der Waals surface area contributed by atoms with Crippen LogP contribution in [-0.2, 0) is 0 Å². The van der Waals surface area contributed by atoms with Crippen molar-refractivity contribution in [3.05, 3.63) is 60.9 Å². The maximum atomic E-state index is 4.46. The normalized spacial score (nSPS) is 12.2. The average Bonchev–Trinajstić information content (AvgIpc) is 2.85. The lowest BCUT2D eigenvalue weighted by molar-refractivity contribution is 1.02. The molecule has 0 spiro atoms. The lowest BCUT2D eigenvalue weighted by Gasteiger charge is -2.26. The highest BCUT2D eigenvalue weighted by Gasteiger charge is 2.28. The molecule has 0 aliphatic carbocycles. The predicted molar refractivity (Wildman–Crippen MR) is 77.6 cm³/mol. The zero-order valence-electron chi connectivity index (χ0n) is 10.2. The van der Waals surface area contributed by atoms with Gasteiger partial charge >= 0.3 is 0 Å². The summed E-state index contributed by atoms with van der Waals surface area (Å²) in [6, 6.07) is 17.2. The van der Waals surface area contributed by atoms with Crippen molar-refractivity contribution < 1.29 is 0 Å². The van der Waals surface area contributed by atoms with Gasteiger partial charge in [0.15, 0.2) is 0 Å². The van der Waals surface area contributed by atoms with Crippen molar-refractivity contribution >= 4 is 21.5 Å².